The van der Waals surface area contributed by atoms with E-state index >= 15 is 0 Å². The summed E-state index contributed by atoms with van der Waals surface area (Å²) in [6, 6.07) is 7.18. The van der Waals surface area contributed by atoms with Crippen LogP contribution in [0.25, 0.3) is 0 Å². The summed E-state index contributed by atoms with van der Waals surface area (Å²) in [6.07, 6.45) is 0. The predicted molar refractivity (Wildman–Crippen MR) is 66.5 cm³/mol. The van der Waals surface area contributed by atoms with Crippen LogP contribution in [0.2, 0.25) is 0 Å². The number of rotatable bonds is 4. The van der Waals surface area contributed by atoms with Crippen molar-refractivity contribution in [2.45, 2.75) is 0 Å². The fourth-order valence-electron chi connectivity index (χ4n) is 1.12. The maximum absolute atomic E-state index is 9.16. The molecule has 5 nitrogen and oxygen atoms in total. The van der Waals surface area contributed by atoms with Crippen LogP contribution in [0.1, 0.15) is 5.56 Å². The molecule has 16 heavy (non-hydrogen) atoms. The maximum atomic E-state index is 9.16. The molecule has 0 aliphatic carbocycles. The van der Waals surface area contributed by atoms with Crippen molar-refractivity contribution in [1.29, 1.82) is 0 Å². The number of ether oxygens (including phenoxy) is 1. The van der Waals surface area contributed by atoms with Gasteiger partial charge in [0.1, 0.15) is 5.75 Å². The van der Waals surface area contributed by atoms with Crippen molar-refractivity contribution in [3.05, 3.63) is 29.8 Å². The molecule has 0 saturated carbocycles. The molecule has 86 valence electrons. The first-order valence-electron chi connectivity index (χ1n) is 4.54. The van der Waals surface area contributed by atoms with E-state index in [1.807, 2.05) is 0 Å². The zero-order chi connectivity index (χ0) is 12.0. The Kier molecular flexibility index (Phi) is 4.68. The number of benzene rings is 1. The molecule has 0 aromatic heterocycles. The molecule has 6 heteroatoms. The number of nitrogens with zero attached hydrogens (tertiary/aromatic N) is 1. The van der Waals surface area contributed by atoms with Crippen LogP contribution in [0, 0.1) is 0 Å². The van der Waals surface area contributed by atoms with Gasteiger partial charge in [-0.05, 0) is 24.4 Å². The summed E-state index contributed by atoms with van der Waals surface area (Å²) >= 11 is 4.61. The van der Waals surface area contributed by atoms with Gasteiger partial charge in [0.15, 0.2) is 5.11 Å². The van der Waals surface area contributed by atoms with Crippen LogP contribution in [0.3, 0.4) is 0 Å². The second-order valence-electron chi connectivity index (χ2n) is 2.92. The average Bonchev–Trinajstić information content (AvgIpc) is 2.30. The van der Waals surface area contributed by atoms with Crippen LogP contribution < -0.4 is 15.9 Å². The monoisotopic (exact) mass is 239 g/mol. The van der Waals surface area contributed by atoms with E-state index in [0.717, 1.165) is 5.56 Å². The first-order chi connectivity index (χ1) is 7.67. The Balaban J connectivity index is 2.94. The summed E-state index contributed by atoms with van der Waals surface area (Å²) < 4.78 is 5.07. The molecule has 1 aromatic rings. The van der Waals surface area contributed by atoms with E-state index < -0.39 is 0 Å². The van der Waals surface area contributed by atoms with E-state index in [0.29, 0.717) is 11.5 Å². The predicted octanol–water partition coefficient (Wildman–Crippen LogP) is 0.225. The first kappa shape index (κ1) is 12.4. The molecule has 0 fully saturated rings. The van der Waals surface area contributed by atoms with Gasteiger partial charge < -0.3 is 15.6 Å². The van der Waals surface area contributed by atoms with Crippen LogP contribution in [-0.2, 0) is 0 Å². The molecule has 4 N–H and O–H groups in total. The molecule has 0 amide bonds. The highest BCUT2D eigenvalue weighted by Crippen LogP contribution is 2.13. The molecule has 0 heterocycles. The van der Waals surface area contributed by atoms with E-state index in [4.69, 9.17) is 15.6 Å². The third-order valence-corrected chi connectivity index (χ3v) is 1.95. The van der Waals surface area contributed by atoms with Gasteiger partial charge in [-0.25, -0.2) is 0 Å². The number of hydrogen-bond acceptors (Lipinski definition) is 4. The lowest BCUT2D eigenvalue weighted by atomic mass is 10.1. The van der Waals surface area contributed by atoms with Crippen LogP contribution in [0.4, 0.5) is 0 Å². The van der Waals surface area contributed by atoms with Gasteiger partial charge >= 0.3 is 0 Å². The summed E-state index contributed by atoms with van der Waals surface area (Å²) in [5.74, 6) is 0.689. The van der Waals surface area contributed by atoms with Crippen molar-refractivity contribution >= 4 is 23.0 Å². The normalized spacial score (nSPS) is 11.0. The lowest BCUT2D eigenvalue weighted by molar-refractivity contribution is 0.357. The standard InChI is InChI=1S/C10H13N3O2S/c1-15-8-4-2-3-7(5-8)9(6-14)12-13-10(11)16/h2-5,14H,6H2,1H3,(H3,11,13,16). The lowest BCUT2D eigenvalue weighted by Gasteiger charge is -2.06. The van der Waals surface area contributed by atoms with Crippen molar-refractivity contribution in [2.75, 3.05) is 13.7 Å². The van der Waals surface area contributed by atoms with E-state index in [1.165, 1.54) is 0 Å². The Morgan fingerprint density at radius 2 is 2.38 bits per heavy atom. The van der Waals surface area contributed by atoms with Crippen LogP contribution in [0.15, 0.2) is 29.4 Å². The number of nitrogens with one attached hydrogen (secondary N) is 1. The van der Waals surface area contributed by atoms with Gasteiger partial charge in [0, 0.05) is 5.56 Å². The highest BCUT2D eigenvalue weighted by molar-refractivity contribution is 7.80. The smallest absolute Gasteiger partial charge is 0.184 e. The Morgan fingerprint density at radius 1 is 1.62 bits per heavy atom. The van der Waals surface area contributed by atoms with Crippen LogP contribution in [0.5, 0.6) is 5.75 Å². The molecule has 0 spiro atoms. The van der Waals surface area contributed by atoms with Crippen molar-refractivity contribution in [2.24, 2.45) is 10.8 Å². The zero-order valence-electron chi connectivity index (χ0n) is 8.80. The van der Waals surface area contributed by atoms with Gasteiger partial charge in [-0.2, -0.15) is 5.10 Å². The van der Waals surface area contributed by atoms with E-state index in [1.54, 1.807) is 31.4 Å². The number of hydrazone groups is 1. The quantitative estimate of drug-likeness (QED) is 0.398. The Morgan fingerprint density at radius 3 is 2.94 bits per heavy atom. The minimum atomic E-state index is -0.219. The number of methoxy groups -OCH3 is 1. The second kappa shape index (κ2) is 6.04. The third-order valence-electron chi connectivity index (χ3n) is 1.85. The molecule has 0 aliphatic heterocycles. The molecule has 0 saturated heterocycles. The summed E-state index contributed by atoms with van der Waals surface area (Å²) in [7, 11) is 1.57. The molecular weight excluding hydrogens is 226 g/mol. The maximum Gasteiger partial charge on any atom is 0.184 e. The highest BCUT2D eigenvalue weighted by Gasteiger charge is 2.03. The molecule has 1 aromatic carbocycles. The van der Waals surface area contributed by atoms with Gasteiger partial charge in [0.05, 0.1) is 19.4 Å². The molecular formula is C10H13N3O2S. The van der Waals surface area contributed by atoms with Crippen LogP contribution in [-0.4, -0.2) is 29.6 Å². The second-order valence-corrected chi connectivity index (χ2v) is 3.36. The number of nitrogens with two attached hydrogens (primary N) is 1. The minimum absolute atomic E-state index is 0.0499. The third kappa shape index (κ3) is 3.48. The fourth-order valence-corrected chi connectivity index (χ4v) is 1.16. The first-order valence-corrected chi connectivity index (χ1v) is 4.95. The lowest BCUT2D eigenvalue weighted by Crippen LogP contribution is -2.26. The summed E-state index contributed by atoms with van der Waals surface area (Å²) in [4.78, 5) is 0. The highest BCUT2D eigenvalue weighted by atomic mass is 32.1. The van der Waals surface area contributed by atoms with Gasteiger partial charge in [-0.1, -0.05) is 12.1 Å². The number of aliphatic hydroxyl groups excluding tert-OH is 1. The van der Waals surface area contributed by atoms with Crippen molar-refractivity contribution in [1.82, 2.24) is 5.43 Å². The van der Waals surface area contributed by atoms with E-state index in [9.17, 15) is 0 Å². The average molecular weight is 239 g/mol. The number of thiocarbonyl (C=S) groups is 1. The van der Waals surface area contributed by atoms with Crippen LogP contribution >= 0.6 is 12.2 Å². The Hall–Kier alpha value is -1.66. The molecule has 0 atom stereocenters. The zero-order valence-corrected chi connectivity index (χ0v) is 9.62. The molecule has 1 rings (SSSR count). The van der Waals surface area contributed by atoms with Crippen molar-refractivity contribution in [3.8, 4) is 5.75 Å². The topological polar surface area (TPSA) is 79.9 Å². The van der Waals surface area contributed by atoms with Gasteiger partial charge in [-0.15, -0.1) is 0 Å². The molecule has 0 aliphatic rings. The SMILES string of the molecule is COc1cccc(C(CO)=NNC(N)=S)c1. The Bertz CT molecular complexity index is 407. The van der Waals surface area contributed by atoms with Gasteiger partial charge in [0.25, 0.3) is 0 Å². The summed E-state index contributed by atoms with van der Waals surface area (Å²) in [6.45, 7) is -0.219. The molecule has 0 bridgehead atoms. The number of hydrogen-bond donors (Lipinski definition) is 3. The van der Waals surface area contributed by atoms with E-state index in [2.05, 4.69) is 22.7 Å². The largest absolute Gasteiger partial charge is 0.497 e. The summed E-state index contributed by atoms with van der Waals surface area (Å²) in [5, 5.41) is 13.1. The molecule has 0 unspecified atom stereocenters. The Labute approximate surface area is 98.9 Å². The van der Waals surface area contributed by atoms with Crippen molar-refractivity contribution in [3.63, 3.8) is 0 Å². The van der Waals surface area contributed by atoms with Gasteiger partial charge in [-0.3, -0.25) is 5.43 Å². The van der Waals surface area contributed by atoms with Gasteiger partial charge in [0.2, 0.25) is 0 Å². The fraction of sp³-hybridized carbons (Fsp3) is 0.200. The summed E-state index contributed by atoms with van der Waals surface area (Å²) in [5.41, 5.74) is 8.84. The minimum Gasteiger partial charge on any atom is -0.497 e. The van der Waals surface area contributed by atoms with Crippen molar-refractivity contribution < 1.29 is 9.84 Å². The van der Waals surface area contributed by atoms with E-state index in [-0.39, 0.29) is 11.7 Å². The molecule has 0 radical (unpaired) electrons. The number of aliphatic hydroxyl groups is 1.